The second-order valence-electron chi connectivity index (χ2n) is 3.03. The van der Waals surface area contributed by atoms with Gasteiger partial charge in [-0.1, -0.05) is 41.9 Å². The van der Waals surface area contributed by atoms with Gasteiger partial charge in [-0.15, -0.1) is 12.6 Å². The zero-order valence-corrected chi connectivity index (χ0v) is 9.09. The third-order valence-corrected chi connectivity index (χ3v) is 2.66. The minimum atomic E-state index is 0.749. The Labute approximate surface area is 93.9 Å². The summed E-state index contributed by atoms with van der Waals surface area (Å²) in [6, 6.07) is 15.8. The molecule has 0 aliphatic heterocycles. The van der Waals surface area contributed by atoms with Gasteiger partial charge in [0.2, 0.25) is 0 Å². The quantitative estimate of drug-likeness (QED) is 0.681. The summed E-state index contributed by atoms with van der Waals surface area (Å²) in [6.45, 7) is 0. The lowest BCUT2D eigenvalue weighted by Gasteiger charge is -2.04. The van der Waals surface area contributed by atoms with Crippen LogP contribution in [0.5, 0.6) is 0 Å². The summed E-state index contributed by atoms with van der Waals surface area (Å²) in [4.78, 5) is 0.967. The molecular formula is C12H9ClS. The lowest BCUT2D eigenvalue weighted by molar-refractivity contribution is 1.46. The molecule has 0 nitrogen and oxygen atoms in total. The van der Waals surface area contributed by atoms with Crippen molar-refractivity contribution < 1.29 is 0 Å². The second-order valence-corrected chi connectivity index (χ2v) is 3.95. The molecule has 0 saturated heterocycles. The maximum atomic E-state index is 5.92. The smallest absolute Gasteiger partial charge is 0.0412 e. The third-order valence-electron chi connectivity index (χ3n) is 2.04. The number of hydrogen-bond acceptors (Lipinski definition) is 1. The first-order valence-electron chi connectivity index (χ1n) is 4.31. The molecule has 2 rings (SSSR count). The number of thiol groups is 1. The van der Waals surface area contributed by atoms with Crippen molar-refractivity contribution in [2.45, 2.75) is 4.90 Å². The van der Waals surface area contributed by atoms with Gasteiger partial charge in [-0.3, -0.25) is 0 Å². The van der Waals surface area contributed by atoms with Gasteiger partial charge < -0.3 is 0 Å². The highest BCUT2D eigenvalue weighted by Gasteiger charge is 2.00. The summed E-state index contributed by atoms with van der Waals surface area (Å²) in [5.74, 6) is 0. The van der Waals surface area contributed by atoms with Crippen LogP contribution in [-0.4, -0.2) is 0 Å². The maximum Gasteiger partial charge on any atom is 0.0412 e. The van der Waals surface area contributed by atoms with E-state index in [1.54, 1.807) is 0 Å². The van der Waals surface area contributed by atoms with Crippen LogP contribution in [0.3, 0.4) is 0 Å². The Balaban J connectivity index is 2.55. The van der Waals surface area contributed by atoms with Crippen LogP contribution in [0.1, 0.15) is 0 Å². The fraction of sp³-hybridized carbons (Fsp3) is 0. The van der Waals surface area contributed by atoms with E-state index in [1.807, 2.05) is 48.5 Å². The van der Waals surface area contributed by atoms with Gasteiger partial charge in [0.25, 0.3) is 0 Å². The summed E-state index contributed by atoms with van der Waals surface area (Å²) in [5, 5.41) is 0.749. The number of hydrogen-bond donors (Lipinski definition) is 1. The Kier molecular flexibility index (Phi) is 2.80. The molecule has 0 aromatic heterocycles. The van der Waals surface area contributed by atoms with E-state index in [9.17, 15) is 0 Å². The third kappa shape index (κ3) is 1.94. The predicted molar refractivity (Wildman–Crippen MR) is 64.1 cm³/mol. The molecule has 0 saturated carbocycles. The SMILES string of the molecule is Sc1ccccc1-c1cccc(Cl)c1. The van der Waals surface area contributed by atoms with Crippen LogP contribution in [0.25, 0.3) is 11.1 Å². The van der Waals surface area contributed by atoms with Gasteiger partial charge in [0.15, 0.2) is 0 Å². The molecule has 2 aromatic carbocycles. The van der Waals surface area contributed by atoms with Crippen molar-refractivity contribution in [2.75, 3.05) is 0 Å². The molecule has 0 amide bonds. The fourth-order valence-electron chi connectivity index (χ4n) is 1.37. The minimum absolute atomic E-state index is 0.749. The van der Waals surface area contributed by atoms with Crippen molar-refractivity contribution in [3.05, 3.63) is 53.6 Å². The Morgan fingerprint density at radius 2 is 1.71 bits per heavy atom. The number of benzene rings is 2. The van der Waals surface area contributed by atoms with Crippen LogP contribution < -0.4 is 0 Å². The maximum absolute atomic E-state index is 5.92. The summed E-state index contributed by atoms with van der Waals surface area (Å²) in [5.41, 5.74) is 2.21. The molecule has 2 heteroatoms. The second kappa shape index (κ2) is 4.07. The summed E-state index contributed by atoms with van der Waals surface area (Å²) in [6.07, 6.45) is 0. The fourth-order valence-corrected chi connectivity index (χ4v) is 1.85. The molecule has 0 spiro atoms. The van der Waals surface area contributed by atoms with Crippen molar-refractivity contribution in [3.63, 3.8) is 0 Å². The molecule has 0 atom stereocenters. The average Bonchev–Trinajstić information content (AvgIpc) is 2.18. The Morgan fingerprint density at radius 3 is 2.43 bits per heavy atom. The van der Waals surface area contributed by atoms with E-state index in [-0.39, 0.29) is 0 Å². The van der Waals surface area contributed by atoms with Gasteiger partial charge >= 0.3 is 0 Å². The average molecular weight is 221 g/mol. The van der Waals surface area contributed by atoms with Crippen molar-refractivity contribution in [1.82, 2.24) is 0 Å². The van der Waals surface area contributed by atoms with E-state index in [4.69, 9.17) is 11.6 Å². The highest BCUT2D eigenvalue weighted by molar-refractivity contribution is 7.80. The number of rotatable bonds is 1. The van der Waals surface area contributed by atoms with Crippen LogP contribution in [0.4, 0.5) is 0 Å². The first-order chi connectivity index (χ1) is 6.77. The first kappa shape index (κ1) is 9.63. The molecule has 14 heavy (non-hydrogen) atoms. The molecule has 0 heterocycles. The van der Waals surface area contributed by atoms with Crippen LogP contribution in [0.15, 0.2) is 53.4 Å². The number of halogens is 1. The largest absolute Gasteiger partial charge is 0.143 e. The van der Waals surface area contributed by atoms with Crippen LogP contribution in [0, 0.1) is 0 Å². The summed E-state index contributed by atoms with van der Waals surface area (Å²) in [7, 11) is 0. The van der Waals surface area contributed by atoms with Crippen molar-refractivity contribution >= 4 is 24.2 Å². The van der Waals surface area contributed by atoms with Gasteiger partial charge in [-0.05, 0) is 29.3 Å². The minimum Gasteiger partial charge on any atom is -0.143 e. The Bertz CT molecular complexity index is 452. The van der Waals surface area contributed by atoms with E-state index >= 15 is 0 Å². The highest BCUT2D eigenvalue weighted by atomic mass is 35.5. The normalized spacial score (nSPS) is 10.1. The topological polar surface area (TPSA) is 0 Å². The molecule has 0 bridgehead atoms. The molecule has 0 unspecified atom stereocenters. The van der Waals surface area contributed by atoms with Gasteiger partial charge in [0.05, 0.1) is 0 Å². The van der Waals surface area contributed by atoms with E-state index < -0.39 is 0 Å². The molecule has 0 aliphatic carbocycles. The molecule has 2 aromatic rings. The predicted octanol–water partition coefficient (Wildman–Crippen LogP) is 4.30. The van der Waals surface area contributed by atoms with E-state index in [1.165, 1.54) is 0 Å². The van der Waals surface area contributed by atoms with Gasteiger partial charge in [-0.2, -0.15) is 0 Å². The van der Waals surface area contributed by atoms with Crippen LogP contribution >= 0.6 is 24.2 Å². The lowest BCUT2D eigenvalue weighted by atomic mass is 10.1. The van der Waals surface area contributed by atoms with Gasteiger partial charge in [0, 0.05) is 9.92 Å². The van der Waals surface area contributed by atoms with Crippen LogP contribution in [0.2, 0.25) is 5.02 Å². The van der Waals surface area contributed by atoms with Crippen molar-refractivity contribution in [1.29, 1.82) is 0 Å². The zero-order valence-electron chi connectivity index (χ0n) is 7.44. The molecule has 70 valence electrons. The summed E-state index contributed by atoms with van der Waals surface area (Å²) < 4.78 is 0. The summed E-state index contributed by atoms with van der Waals surface area (Å²) >= 11 is 10.3. The molecular weight excluding hydrogens is 212 g/mol. The van der Waals surface area contributed by atoms with Crippen molar-refractivity contribution in [2.24, 2.45) is 0 Å². The van der Waals surface area contributed by atoms with Crippen molar-refractivity contribution in [3.8, 4) is 11.1 Å². The molecule has 0 fully saturated rings. The molecule has 0 N–H and O–H groups in total. The monoisotopic (exact) mass is 220 g/mol. The van der Waals surface area contributed by atoms with E-state index in [2.05, 4.69) is 12.6 Å². The standard InChI is InChI=1S/C12H9ClS/c13-10-5-3-4-9(8-10)11-6-1-2-7-12(11)14/h1-8,14H. The zero-order chi connectivity index (χ0) is 9.97. The first-order valence-corrected chi connectivity index (χ1v) is 5.14. The van der Waals surface area contributed by atoms with E-state index in [0.717, 1.165) is 21.0 Å². The van der Waals surface area contributed by atoms with Gasteiger partial charge in [-0.25, -0.2) is 0 Å². The van der Waals surface area contributed by atoms with Gasteiger partial charge in [0.1, 0.15) is 0 Å². The lowest BCUT2D eigenvalue weighted by Crippen LogP contribution is -1.79. The van der Waals surface area contributed by atoms with E-state index in [0.29, 0.717) is 0 Å². The van der Waals surface area contributed by atoms with Crippen LogP contribution in [-0.2, 0) is 0 Å². The highest BCUT2D eigenvalue weighted by Crippen LogP contribution is 2.27. The molecule has 0 aliphatic rings. The Morgan fingerprint density at radius 1 is 0.929 bits per heavy atom. The Hall–Kier alpha value is -0.920. The molecule has 0 radical (unpaired) electrons.